The van der Waals surface area contributed by atoms with Crippen molar-refractivity contribution in [3.05, 3.63) is 12.4 Å². The van der Waals surface area contributed by atoms with Crippen LogP contribution in [0.3, 0.4) is 0 Å². The summed E-state index contributed by atoms with van der Waals surface area (Å²) in [6, 6.07) is 0. The maximum atomic E-state index is 11.6. The first-order valence-corrected chi connectivity index (χ1v) is 4.52. The molecule has 0 saturated carbocycles. The van der Waals surface area contributed by atoms with Gasteiger partial charge < -0.3 is 4.74 Å². The molecule has 1 aliphatic rings. The lowest BCUT2D eigenvalue weighted by atomic mass is 10.5. The van der Waals surface area contributed by atoms with Crippen molar-refractivity contribution in [2.45, 2.75) is 20.3 Å². The molecule has 1 amide bonds. The highest BCUT2D eigenvalue weighted by Gasteiger charge is 2.35. The van der Waals surface area contributed by atoms with Gasteiger partial charge in [-0.05, 0) is 13.3 Å². The van der Waals surface area contributed by atoms with Gasteiger partial charge in [0, 0.05) is 0 Å². The molecule has 0 aromatic heterocycles. The molecule has 0 N–H and O–H groups in total. The Hall–Kier alpha value is -1.16. The lowest BCUT2D eigenvalue weighted by Gasteiger charge is -2.20. The molecule has 0 aliphatic carbocycles. The van der Waals surface area contributed by atoms with Gasteiger partial charge in [-0.3, -0.25) is 0 Å². The summed E-state index contributed by atoms with van der Waals surface area (Å²) in [5.74, 6) is 0. The Morgan fingerprint density at radius 3 is 2.77 bits per heavy atom. The number of carbonyl (C=O) groups is 1. The number of hydrogen-bond acceptors (Lipinski definition) is 3. The van der Waals surface area contributed by atoms with Gasteiger partial charge in [0.25, 0.3) is 0 Å². The first-order chi connectivity index (χ1) is 6.25. The Kier molecular flexibility index (Phi) is 3.19. The van der Waals surface area contributed by atoms with E-state index in [0.29, 0.717) is 13.2 Å². The average Bonchev–Trinajstić information content (AvgIpc) is 2.63. The quantitative estimate of drug-likeness (QED) is 0.626. The molecule has 1 heterocycles. The molecule has 0 aromatic rings. The Labute approximate surface area is 78.1 Å². The Balaban J connectivity index is 2.61. The van der Waals surface area contributed by atoms with Gasteiger partial charge in [-0.15, -0.1) is 0 Å². The van der Waals surface area contributed by atoms with Gasteiger partial charge in [0.05, 0.1) is 19.4 Å². The van der Waals surface area contributed by atoms with Crippen LogP contribution >= 0.6 is 0 Å². The zero-order chi connectivity index (χ0) is 9.73. The fraction of sp³-hybridized carbons (Fsp3) is 0.556. The van der Waals surface area contributed by atoms with E-state index in [4.69, 9.17) is 4.74 Å². The normalized spacial score (nSPS) is 25.1. The van der Waals surface area contributed by atoms with Gasteiger partial charge in [-0.1, -0.05) is 6.92 Å². The van der Waals surface area contributed by atoms with Gasteiger partial charge in [0.2, 0.25) is 6.34 Å². The van der Waals surface area contributed by atoms with E-state index in [1.807, 2.05) is 13.8 Å². The molecule has 0 fully saturated rings. The fourth-order valence-electron chi connectivity index (χ4n) is 1.09. The van der Waals surface area contributed by atoms with Crippen molar-refractivity contribution in [2.75, 3.05) is 13.2 Å². The molecular formula is C9H15N2O2+. The van der Waals surface area contributed by atoms with Gasteiger partial charge in [-0.2, -0.15) is 9.28 Å². The summed E-state index contributed by atoms with van der Waals surface area (Å²) >= 11 is 0. The number of ether oxygens (including phenoxy) is 1. The minimum atomic E-state index is -0.248. The van der Waals surface area contributed by atoms with E-state index in [9.17, 15) is 4.79 Å². The molecule has 4 nitrogen and oxygen atoms in total. The fourth-order valence-corrected chi connectivity index (χ4v) is 1.09. The van der Waals surface area contributed by atoms with E-state index in [-0.39, 0.29) is 10.6 Å². The molecule has 1 unspecified atom stereocenters. The lowest BCUT2D eigenvalue weighted by Crippen LogP contribution is -2.45. The van der Waals surface area contributed by atoms with E-state index in [0.717, 1.165) is 6.42 Å². The van der Waals surface area contributed by atoms with Crippen LogP contribution in [0.5, 0.6) is 0 Å². The minimum Gasteiger partial charge on any atom is -0.419 e. The van der Waals surface area contributed by atoms with Crippen LogP contribution < -0.4 is 0 Å². The Morgan fingerprint density at radius 2 is 2.31 bits per heavy atom. The standard InChI is InChI=1S/C9H15N2O2/c1-3-7-13-9(12)11(4-2)6-5-10-8-11/h5-6,8H,3-4,7H2,1-2H3/q+1. The SMILES string of the molecule is CCCOC(=O)[N+]1(CC)C=CN=C1. The molecule has 0 spiro atoms. The monoisotopic (exact) mass is 183 g/mol. The van der Waals surface area contributed by atoms with Crippen LogP contribution in [0.15, 0.2) is 17.4 Å². The number of quaternary nitrogens is 1. The third-order valence-corrected chi connectivity index (χ3v) is 1.98. The first-order valence-electron chi connectivity index (χ1n) is 4.52. The summed E-state index contributed by atoms with van der Waals surface area (Å²) in [4.78, 5) is 15.5. The summed E-state index contributed by atoms with van der Waals surface area (Å²) in [7, 11) is 0. The lowest BCUT2D eigenvalue weighted by molar-refractivity contribution is -0.698. The van der Waals surface area contributed by atoms with E-state index in [1.54, 1.807) is 18.7 Å². The highest BCUT2D eigenvalue weighted by molar-refractivity contribution is 5.73. The molecule has 13 heavy (non-hydrogen) atoms. The van der Waals surface area contributed by atoms with Crippen LogP contribution in [0.1, 0.15) is 20.3 Å². The highest BCUT2D eigenvalue weighted by atomic mass is 16.6. The second kappa shape index (κ2) is 4.18. The zero-order valence-electron chi connectivity index (χ0n) is 8.06. The number of amides is 1. The summed E-state index contributed by atoms with van der Waals surface area (Å²) in [5, 5.41) is 0. The van der Waals surface area contributed by atoms with Gasteiger partial charge in [-0.25, -0.2) is 4.99 Å². The first kappa shape index (κ1) is 9.92. The molecule has 0 saturated heterocycles. The van der Waals surface area contributed by atoms with Crippen LogP contribution in [-0.4, -0.2) is 30.1 Å². The Morgan fingerprint density at radius 1 is 1.54 bits per heavy atom. The second-order valence-corrected chi connectivity index (χ2v) is 2.92. The molecule has 4 heteroatoms. The minimum absolute atomic E-state index is 0.0833. The van der Waals surface area contributed by atoms with Gasteiger partial charge in [0.1, 0.15) is 6.20 Å². The van der Waals surface area contributed by atoms with Crippen LogP contribution in [-0.2, 0) is 4.74 Å². The molecule has 1 atom stereocenters. The van der Waals surface area contributed by atoms with Crippen molar-refractivity contribution in [3.8, 4) is 0 Å². The Bertz CT molecular complexity index is 234. The molecule has 1 rings (SSSR count). The van der Waals surface area contributed by atoms with Gasteiger partial charge in [0.15, 0.2) is 0 Å². The van der Waals surface area contributed by atoms with Crippen molar-refractivity contribution in [2.24, 2.45) is 4.99 Å². The van der Waals surface area contributed by atoms with Crippen molar-refractivity contribution in [1.29, 1.82) is 0 Å². The van der Waals surface area contributed by atoms with Crippen LogP contribution in [0.2, 0.25) is 0 Å². The van der Waals surface area contributed by atoms with E-state index in [2.05, 4.69) is 4.99 Å². The number of rotatable bonds is 3. The topological polar surface area (TPSA) is 38.7 Å². The third kappa shape index (κ3) is 1.95. The summed E-state index contributed by atoms with van der Waals surface area (Å²) < 4.78 is 5.14. The highest BCUT2D eigenvalue weighted by Crippen LogP contribution is 2.13. The number of aliphatic imine (C=N–C) groups is 1. The molecule has 72 valence electrons. The van der Waals surface area contributed by atoms with Crippen LogP contribution in [0, 0.1) is 0 Å². The maximum absolute atomic E-state index is 11.6. The summed E-state index contributed by atoms with van der Waals surface area (Å²) in [6.07, 6.45) is 5.55. The summed E-state index contributed by atoms with van der Waals surface area (Å²) in [5.41, 5.74) is 0. The zero-order valence-corrected chi connectivity index (χ0v) is 8.06. The van der Waals surface area contributed by atoms with Crippen molar-refractivity contribution < 1.29 is 14.0 Å². The van der Waals surface area contributed by atoms with Crippen LogP contribution in [0.25, 0.3) is 0 Å². The molecular weight excluding hydrogens is 168 g/mol. The average molecular weight is 183 g/mol. The molecule has 0 aromatic carbocycles. The predicted octanol–water partition coefficient (Wildman–Crippen LogP) is 1.88. The number of nitrogens with zero attached hydrogens (tertiary/aromatic N) is 2. The van der Waals surface area contributed by atoms with Gasteiger partial charge >= 0.3 is 6.09 Å². The van der Waals surface area contributed by atoms with E-state index >= 15 is 0 Å². The molecule has 0 bridgehead atoms. The molecule has 1 aliphatic heterocycles. The van der Waals surface area contributed by atoms with Crippen molar-refractivity contribution in [1.82, 2.24) is 0 Å². The maximum Gasteiger partial charge on any atom is 0.526 e. The number of hydrogen-bond donors (Lipinski definition) is 0. The van der Waals surface area contributed by atoms with Crippen molar-refractivity contribution in [3.63, 3.8) is 0 Å². The third-order valence-electron chi connectivity index (χ3n) is 1.98. The second-order valence-electron chi connectivity index (χ2n) is 2.92. The largest absolute Gasteiger partial charge is 0.526 e. The summed E-state index contributed by atoms with van der Waals surface area (Å²) in [6.45, 7) is 5.01. The van der Waals surface area contributed by atoms with Crippen molar-refractivity contribution >= 4 is 12.4 Å². The predicted molar refractivity (Wildman–Crippen MR) is 50.1 cm³/mol. The smallest absolute Gasteiger partial charge is 0.419 e. The number of carbonyl (C=O) groups excluding carboxylic acids is 1. The van der Waals surface area contributed by atoms with E-state index < -0.39 is 0 Å². The van der Waals surface area contributed by atoms with E-state index in [1.165, 1.54) is 0 Å². The molecule has 0 radical (unpaired) electrons. The van der Waals surface area contributed by atoms with Crippen LogP contribution in [0.4, 0.5) is 4.79 Å².